The molecule has 0 saturated carbocycles. The number of hydrogen-bond donors (Lipinski definition) is 3. The zero-order valence-electron chi connectivity index (χ0n) is 6.94. The molecule has 0 bridgehead atoms. The van der Waals surface area contributed by atoms with Crippen molar-refractivity contribution in [2.45, 2.75) is 27.2 Å². The molecule has 3 heteroatoms. The fraction of sp³-hybridized carbons (Fsp3) is 0.714. The van der Waals surface area contributed by atoms with Gasteiger partial charge in [-0.25, -0.2) is 0 Å². The standard InChI is InChI=1S/C7H17N3/c1-4-7(2,3)6(5-8)10-9/h5,10H,4,8-9H2,1-3H3/b6-5-. The molecule has 60 valence electrons. The third-order valence-corrected chi connectivity index (χ3v) is 1.94. The van der Waals surface area contributed by atoms with Gasteiger partial charge in [-0.1, -0.05) is 20.8 Å². The van der Waals surface area contributed by atoms with Gasteiger partial charge in [0.25, 0.3) is 0 Å². The number of nitrogens with two attached hydrogens (primary N) is 2. The first-order valence-corrected chi connectivity index (χ1v) is 3.47. The van der Waals surface area contributed by atoms with E-state index < -0.39 is 0 Å². The van der Waals surface area contributed by atoms with Crippen molar-refractivity contribution in [1.82, 2.24) is 5.43 Å². The van der Waals surface area contributed by atoms with Gasteiger partial charge in [-0.05, 0) is 6.42 Å². The molecular weight excluding hydrogens is 126 g/mol. The van der Waals surface area contributed by atoms with Gasteiger partial charge in [0.05, 0.1) is 0 Å². The molecule has 0 aliphatic carbocycles. The Morgan fingerprint density at radius 2 is 2.10 bits per heavy atom. The normalized spacial score (nSPS) is 13.4. The maximum absolute atomic E-state index is 5.34. The molecule has 0 amide bonds. The Morgan fingerprint density at radius 1 is 1.60 bits per heavy atom. The summed E-state index contributed by atoms with van der Waals surface area (Å²) in [5.74, 6) is 5.25. The first kappa shape index (κ1) is 9.30. The van der Waals surface area contributed by atoms with Gasteiger partial charge in [-0.2, -0.15) is 0 Å². The molecule has 0 aliphatic rings. The van der Waals surface area contributed by atoms with Crippen molar-refractivity contribution in [2.75, 3.05) is 0 Å². The second-order valence-electron chi connectivity index (χ2n) is 2.96. The van der Waals surface area contributed by atoms with Gasteiger partial charge < -0.3 is 11.2 Å². The van der Waals surface area contributed by atoms with Gasteiger partial charge in [-0.15, -0.1) is 0 Å². The molecule has 0 aromatic carbocycles. The smallest absolute Gasteiger partial charge is 0.0469 e. The lowest BCUT2D eigenvalue weighted by Crippen LogP contribution is -2.32. The highest BCUT2D eigenvalue weighted by molar-refractivity contribution is 5.06. The van der Waals surface area contributed by atoms with Crippen molar-refractivity contribution in [3.05, 3.63) is 11.9 Å². The first-order valence-electron chi connectivity index (χ1n) is 3.47. The second kappa shape index (κ2) is 3.46. The zero-order valence-corrected chi connectivity index (χ0v) is 6.94. The Kier molecular flexibility index (Phi) is 3.22. The van der Waals surface area contributed by atoms with E-state index in [9.17, 15) is 0 Å². The molecule has 0 aromatic heterocycles. The fourth-order valence-corrected chi connectivity index (χ4v) is 0.660. The number of hydrazine groups is 1. The van der Waals surface area contributed by atoms with Gasteiger partial charge in [0.15, 0.2) is 0 Å². The third kappa shape index (κ3) is 1.92. The van der Waals surface area contributed by atoms with Gasteiger partial charge >= 0.3 is 0 Å². The predicted octanol–water partition coefficient (Wildman–Crippen LogP) is 0.686. The Bertz CT molecular complexity index is 127. The van der Waals surface area contributed by atoms with E-state index in [0.717, 1.165) is 12.1 Å². The number of allylic oxidation sites excluding steroid dienone is 1. The van der Waals surface area contributed by atoms with E-state index in [1.54, 1.807) is 0 Å². The van der Waals surface area contributed by atoms with Crippen LogP contribution in [0.2, 0.25) is 0 Å². The lowest BCUT2D eigenvalue weighted by Gasteiger charge is -2.25. The van der Waals surface area contributed by atoms with Crippen LogP contribution in [-0.4, -0.2) is 0 Å². The van der Waals surface area contributed by atoms with Crippen LogP contribution in [0.25, 0.3) is 0 Å². The van der Waals surface area contributed by atoms with Crippen LogP contribution in [0.4, 0.5) is 0 Å². The monoisotopic (exact) mass is 143 g/mol. The molecule has 0 aromatic rings. The average molecular weight is 143 g/mol. The minimum absolute atomic E-state index is 0.0590. The Labute approximate surface area is 62.4 Å². The quantitative estimate of drug-likeness (QED) is 0.402. The second-order valence-corrected chi connectivity index (χ2v) is 2.96. The van der Waals surface area contributed by atoms with Crippen LogP contribution in [0.3, 0.4) is 0 Å². The van der Waals surface area contributed by atoms with Crippen molar-refractivity contribution >= 4 is 0 Å². The van der Waals surface area contributed by atoms with Gasteiger partial charge in [0.2, 0.25) is 0 Å². The molecule has 0 spiro atoms. The topological polar surface area (TPSA) is 64.1 Å². The maximum atomic E-state index is 5.34. The Hall–Kier alpha value is -0.700. The summed E-state index contributed by atoms with van der Waals surface area (Å²) >= 11 is 0. The largest absolute Gasteiger partial charge is 0.403 e. The highest BCUT2D eigenvalue weighted by Crippen LogP contribution is 2.26. The van der Waals surface area contributed by atoms with E-state index in [-0.39, 0.29) is 5.41 Å². The molecule has 0 fully saturated rings. The van der Waals surface area contributed by atoms with E-state index in [1.807, 2.05) is 0 Å². The van der Waals surface area contributed by atoms with E-state index in [4.69, 9.17) is 11.6 Å². The number of nitrogens with one attached hydrogen (secondary N) is 1. The summed E-state index contributed by atoms with van der Waals surface area (Å²) in [5, 5.41) is 0. The Balaban J connectivity index is 4.28. The SMILES string of the molecule is CCC(C)(C)/C(=C/N)NN. The molecule has 10 heavy (non-hydrogen) atoms. The molecule has 5 N–H and O–H groups in total. The summed E-state index contributed by atoms with van der Waals surface area (Å²) in [6.45, 7) is 6.28. The van der Waals surface area contributed by atoms with Crippen LogP contribution in [0.5, 0.6) is 0 Å². The van der Waals surface area contributed by atoms with E-state index in [0.29, 0.717) is 0 Å². The van der Waals surface area contributed by atoms with Crippen molar-refractivity contribution in [1.29, 1.82) is 0 Å². The lowest BCUT2D eigenvalue weighted by atomic mass is 9.87. The van der Waals surface area contributed by atoms with Crippen LogP contribution in [0.15, 0.2) is 11.9 Å². The summed E-state index contributed by atoms with van der Waals surface area (Å²) in [6, 6.07) is 0. The molecule has 0 rings (SSSR count). The van der Waals surface area contributed by atoms with Crippen molar-refractivity contribution in [2.24, 2.45) is 17.0 Å². The molecular formula is C7H17N3. The van der Waals surface area contributed by atoms with Gasteiger partial charge in [0.1, 0.15) is 0 Å². The van der Waals surface area contributed by atoms with Crippen molar-refractivity contribution in [3.8, 4) is 0 Å². The Morgan fingerprint density at radius 3 is 2.20 bits per heavy atom. The maximum Gasteiger partial charge on any atom is 0.0469 e. The van der Waals surface area contributed by atoms with E-state index in [2.05, 4.69) is 26.2 Å². The first-order chi connectivity index (χ1) is 4.58. The van der Waals surface area contributed by atoms with Crippen LogP contribution in [0.1, 0.15) is 27.2 Å². The minimum Gasteiger partial charge on any atom is -0.403 e. The fourth-order valence-electron chi connectivity index (χ4n) is 0.660. The summed E-state index contributed by atoms with van der Waals surface area (Å²) in [6.07, 6.45) is 2.53. The summed E-state index contributed by atoms with van der Waals surface area (Å²) in [4.78, 5) is 0. The molecule has 0 saturated heterocycles. The average Bonchev–Trinajstić information content (AvgIpc) is 1.90. The highest BCUT2D eigenvalue weighted by atomic mass is 15.2. The van der Waals surface area contributed by atoms with Crippen LogP contribution < -0.4 is 17.0 Å². The summed E-state index contributed by atoms with van der Waals surface area (Å²) < 4.78 is 0. The summed E-state index contributed by atoms with van der Waals surface area (Å²) in [7, 11) is 0. The molecule has 3 nitrogen and oxygen atoms in total. The molecule has 0 radical (unpaired) electrons. The van der Waals surface area contributed by atoms with Gasteiger partial charge in [0, 0.05) is 17.3 Å². The van der Waals surface area contributed by atoms with Gasteiger partial charge in [-0.3, -0.25) is 5.84 Å². The zero-order chi connectivity index (χ0) is 8.20. The van der Waals surface area contributed by atoms with E-state index in [1.165, 1.54) is 6.20 Å². The van der Waals surface area contributed by atoms with Crippen LogP contribution in [0, 0.1) is 5.41 Å². The molecule has 0 aliphatic heterocycles. The molecule has 0 atom stereocenters. The summed E-state index contributed by atoms with van der Waals surface area (Å²) in [5.41, 5.74) is 8.86. The number of rotatable bonds is 3. The predicted molar refractivity (Wildman–Crippen MR) is 43.7 cm³/mol. The number of hydrogen-bond acceptors (Lipinski definition) is 3. The van der Waals surface area contributed by atoms with Crippen LogP contribution in [-0.2, 0) is 0 Å². The molecule has 0 heterocycles. The third-order valence-electron chi connectivity index (χ3n) is 1.94. The van der Waals surface area contributed by atoms with Crippen LogP contribution >= 0.6 is 0 Å². The highest BCUT2D eigenvalue weighted by Gasteiger charge is 2.19. The van der Waals surface area contributed by atoms with Crippen molar-refractivity contribution < 1.29 is 0 Å². The van der Waals surface area contributed by atoms with Crippen molar-refractivity contribution in [3.63, 3.8) is 0 Å². The molecule has 0 unspecified atom stereocenters. The lowest BCUT2D eigenvalue weighted by molar-refractivity contribution is 0.399. The van der Waals surface area contributed by atoms with E-state index >= 15 is 0 Å². The minimum atomic E-state index is 0.0590.